The van der Waals surface area contributed by atoms with E-state index in [1.807, 2.05) is 26.0 Å². The first-order valence-corrected chi connectivity index (χ1v) is 13.5. The van der Waals surface area contributed by atoms with Crippen molar-refractivity contribution >= 4 is 18.1 Å². The molecule has 4 aromatic rings. The van der Waals surface area contributed by atoms with Crippen LogP contribution in [0.15, 0.2) is 108 Å². The van der Waals surface area contributed by atoms with Gasteiger partial charge in [0, 0.05) is 0 Å². The Labute approximate surface area is 244 Å². The number of hydrogen-bond donors (Lipinski definition) is 1. The summed E-state index contributed by atoms with van der Waals surface area (Å²) in [5.74, 6) is 1.07. The number of esters is 1. The van der Waals surface area contributed by atoms with Crippen LogP contribution in [0.5, 0.6) is 28.7 Å². The van der Waals surface area contributed by atoms with Gasteiger partial charge >= 0.3 is 18.2 Å². The number of para-hydroxylation sites is 2. The van der Waals surface area contributed by atoms with Gasteiger partial charge in [0.1, 0.15) is 17.2 Å². The molecule has 0 spiro atoms. The van der Waals surface area contributed by atoms with Gasteiger partial charge < -0.3 is 23.7 Å². The van der Waals surface area contributed by atoms with Gasteiger partial charge in [-0.25, -0.2) is 10.2 Å². The molecule has 0 aromatic heterocycles. The lowest BCUT2D eigenvalue weighted by atomic mass is 10.2. The zero-order valence-corrected chi connectivity index (χ0v) is 23.4. The van der Waals surface area contributed by atoms with E-state index in [4.69, 9.17) is 23.7 Å². The lowest BCUT2D eigenvalue weighted by molar-refractivity contribution is -0.140. The van der Waals surface area contributed by atoms with Gasteiger partial charge in [0.25, 0.3) is 0 Å². The molecule has 4 rings (SSSR count). The minimum Gasteiger partial charge on any atom is -0.494 e. The zero-order valence-electron chi connectivity index (χ0n) is 23.4. The summed E-state index contributed by atoms with van der Waals surface area (Å²) in [7, 11) is 0. The van der Waals surface area contributed by atoms with Crippen LogP contribution < -0.4 is 29.1 Å². The normalized spacial score (nSPS) is 10.7. The third-order valence-electron chi connectivity index (χ3n) is 5.61. The molecule has 0 aliphatic heterocycles. The highest BCUT2D eigenvalue weighted by Crippen LogP contribution is 2.29. The molecule has 4 aromatic carbocycles. The van der Waals surface area contributed by atoms with E-state index in [0.29, 0.717) is 47.3 Å². The van der Waals surface area contributed by atoms with Crippen LogP contribution in [0.1, 0.15) is 36.2 Å². The summed E-state index contributed by atoms with van der Waals surface area (Å²) in [6, 6.07) is 29.4. The minimum absolute atomic E-state index is 0.252. The van der Waals surface area contributed by atoms with Gasteiger partial charge in [-0.1, -0.05) is 43.3 Å². The van der Waals surface area contributed by atoms with Crippen LogP contribution in [0.4, 0.5) is 0 Å². The molecule has 0 saturated carbocycles. The molecule has 0 aliphatic carbocycles. The second-order valence-electron chi connectivity index (χ2n) is 8.83. The van der Waals surface area contributed by atoms with Gasteiger partial charge in [-0.2, -0.15) is 5.10 Å². The quantitative estimate of drug-likeness (QED) is 0.0651. The van der Waals surface area contributed by atoms with Crippen molar-refractivity contribution in [2.75, 3.05) is 13.2 Å². The number of hydrogen-bond acceptors (Lipinski definition) is 8. The van der Waals surface area contributed by atoms with E-state index >= 15 is 0 Å². The maximum Gasteiger partial charge on any atom is 0.343 e. The van der Waals surface area contributed by atoms with Crippen LogP contribution in [0, 0.1) is 0 Å². The molecule has 9 nitrogen and oxygen atoms in total. The van der Waals surface area contributed by atoms with Crippen LogP contribution >= 0.6 is 0 Å². The molecule has 0 radical (unpaired) electrons. The van der Waals surface area contributed by atoms with Gasteiger partial charge in [0.15, 0.2) is 11.5 Å². The Kier molecular flexibility index (Phi) is 10.9. The summed E-state index contributed by atoms with van der Waals surface area (Å²) >= 11 is 0. The van der Waals surface area contributed by atoms with Crippen LogP contribution in [-0.4, -0.2) is 37.6 Å². The van der Waals surface area contributed by atoms with Crippen molar-refractivity contribution in [1.82, 2.24) is 5.43 Å². The van der Waals surface area contributed by atoms with Crippen molar-refractivity contribution in [3.63, 3.8) is 0 Å². The molecule has 0 fully saturated rings. The molecule has 9 heteroatoms. The largest absolute Gasteiger partial charge is 0.494 e. The molecule has 0 saturated heterocycles. The van der Waals surface area contributed by atoms with E-state index in [1.165, 1.54) is 6.21 Å². The molecule has 1 N–H and O–H groups in total. The smallest absolute Gasteiger partial charge is 0.343 e. The molecule has 0 aliphatic rings. The number of rotatable bonds is 14. The first-order chi connectivity index (χ1) is 20.6. The Morgan fingerprint density at radius 1 is 0.762 bits per heavy atom. The van der Waals surface area contributed by atoms with E-state index in [0.717, 1.165) is 6.42 Å². The SMILES string of the molecule is CCCOc1ccc(C(=O)Oc2ccc(C=NNC(=O)C(Oc3ccccc3)Oc3ccccc3)cc2OCC)cc1. The maximum atomic E-state index is 12.9. The number of ether oxygens (including phenoxy) is 5. The highest BCUT2D eigenvalue weighted by atomic mass is 16.7. The molecule has 216 valence electrons. The Morgan fingerprint density at radius 3 is 2.00 bits per heavy atom. The molecule has 0 unspecified atom stereocenters. The predicted octanol–water partition coefficient (Wildman–Crippen LogP) is 6.03. The van der Waals surface area contributed by atoms with E-state index < -0.39 is 18.2 Å². The van der Waals surface area contributed by atoms with Crippen LogP contribution in [0.25, 0.3) is 0 Å². The monoisotopic (exact) mass is 568 g/mol. The highest BCUT2D eigenvalue weighted by molar-refractivity contribution is 5.92. The molecule has 0 bridgehead atoms. The fourth-order valence-electron chi connectivity index (χ4n) is 3.62. The summed E-state index contributed by atoms with van der Waals surface area (Å²) < 4.78 is 28.4. The van der Waals surface area contributed by atoms with E-state index in [2.05, 4.69) is 10.5 Å². The van der Waals surface area contributed by atoms with Crippen molar-refractivity contribution in [2.24, 2.45) is 5.10 Å². The van der Waals surface area contributed by atoms with E-state index in [9.17, 15) is 9.59 Å². The van der Waals surface area contributed by atoms with Crippen LogP contribution in [0.2, 0.25) is 0 Å². The maximum absolute atomic E-state index is 12.9. The van der Waals surface area contributed by atoms with Gasteiger partial charge in [-0.05, 0) is 85.6 Å². The molecule has 42 heavy (non-hydrogen) atoms. The number of nitrogens with zero attached hydrogens (tertiary/aromatic N) is 1. The molecule has 1 amide bonds. The average molecular weight is 569 g/mol. The molecular weight excluding hydrogens is 536 g/mol. The van der Waals surface area contributed by atoms with E-state index in [-0.39, 0.29) is 5.75 Å². The second kappa shape index (κ2) is 15.5. The van der Waals surface area contributed by atoms with Crippen molar-refractivity contribution in [3.8, 4) is 28.7 Å². The number of nitrogens with one attached hydrogen (secondary N) is 1. The third kappa shape index (κ3) is 8.85. The molecule has 0 atom stereocenters. The summed E-state index contributed by atoms with van der Waals surface area (Å²) in [5.41, 5.74) is 3.43. The minimum atomic E-state index is -1.29. The summed E-state index contributed by atoms with van der Waals surface area (Å²) in [5, 5.41) is 4.05. The second-order valence-corrected chi connectivity index (χ2v) is 8.83. The van der Waals surface area contributed by atoms with Crippen LogP contribution in [0.3, 0.4) is 0 Å². The van der Waals surface area contributed by atoms with Gasteiger partial charge in [0.05, 0.1) is 25.0 Å². The van der Waals surface area contributed by atoms with Gasteiger partial charge in [-0.3, -0.25) is 4.79 Å². The van der Waals surface area contributed by atoms with Gasteiger partial charge in [-0.15, -0.1) is 0 Å². The van der Waals surface area contributed by atoms with Gasteiger partial charge in [0.2, 0.25) is 0 Å². The lowest BCUT2D eigenvalue weighted by Crippen LogP contribution is -2.40. The fraction of sp³-hybridized carbons (Fsp3) is 0.182. The summed E-state index contributed by atoms with van der Waals surface area (Å²) in [4.78, 5) is 25.7. The fourth-order valence-corrected chi connectivity index (χ4v) is 3.62. The molecule has 0 heterocycles. The Morgan fingerprint density at radius 2 is 1.40 bits per heavy atom. The Hall–Kier alpha value is -5.31. The summed E-state index contributed by atoms with van der Waals surface area (Å²) in [6.45, 7) is 4.79. The molecular formula is C33H32N2O7. The van der Waals surface area contributed by atoms with Crippen molar-refractivity contribution in [3.05, 3.63) is 114 Å². The number of benzene rings is 4. The highest BCUT2D eigenvalue weighted by Gasteiger charge is 2.22. The Balaban J connectivity index is 1.41. The van der Waals surface area contributed by atoms with Crippen molar-refractivity contribution in [2.45, 2.75) is 26.6 Å². The number of amides is 1. The average Bonchev–Trinajstić information content (AvgIpc) is 3.02. The first kappa shape index (κ1) is 29.7. The number of carbonyl (C=O) groups excluding carboxylic acids is 2. The topological polar surface area (TPSA) is 105 Å². The number of hydrazone groups is 1. The van der Waals surface area contributed by atoms with Crippen molar-refractivity contribution in [1.29, 1.82) is 0 Å². The predicted molar refractivity (Wildman–Crippen MR) is 158 cm³/mol. The first-order valence-electron chi connectivity index (χ1n) is 13.5. The van der Waals surface area contributed by atoms with Crippen molar-refractivity contribution < 1.29 is 33.3 Å². The Bertz CT molecular complexity index is 1420. The third-order valence-corrected chi connectivity index (χ3v) is 5.61. The van der Waals surface area contributed by atoms with Crippen LogP contribution in [-0.2, 0) is 4.79 Å². The number of carbonyl (C=O) groups is 2. The summed E-state index contributed by atoms with van der Waals surface area (Å²) in [6.07, 6.45) is 1.03. The van der Waals surface area contributed by atoms with E-state index in [1.54, 1.807) is 91.0 Å². The lowest BCUT2D eigenvalue weighted by Gasteiger charge is -2.18. The zero-order chi connectivity index (χ0) is 29.6. The standard InChI is InChI=1S/C33H32N2O7/c1-3-21-39-26-18-16-25(17-19-26)32(37)42-29-20-15-24(22-30(29)38-4-2)23-34-35-31(36)33(40-27-11-7-5-8-12-27)41-28-13-9-6-10-14-28/h5-20,22-23,33H,3-4,21H2,1-2H3,(H,35,36).